The molecule has 1 aromatic rings. The van der Waals surface area contributed by atoms with Crippen molar-refractivity contribution in [3.05, 3.63) is 32.1 Å². The summed E-state index contributed by atoms with van der Waals surface area (Å²) in [5.41, 5.74) is 0.523. The van der Waals surface area contributed by atoms with Gasteiger partial charge in [0.2, 0.25) is 5.39 Å². The highest BCUT2D eigenvalue weighted by atomic mass is 79.9. The number of halogens is 2. The summed E-state index contributed by atoms with van der Waals surface area (Å²) in [5, 5.41) is 8.42. The molecule has 0 radical (unpaired) electrons. The number of rotatable bonds is 0. The number of diazo groups is 1. The third-order valence-electron chi connectivity index (χ3n) is 1.02. The van der Waals surface area contributed by atoms with Crippen LogP contribution in [0, 0.1) is 5.39 Å². The minimum Gasteiger partial charge on any atom is -0.264 e. The normalized spacial score (nSPS) is 9.80. The average molecular weight is 361 g/mol. The summed E-state index contributed by atoms with van der Waals surface area (Å²) in [4.78, 5) is 3.05. The molecule has 9 heteroatoms. The number of hydrogen-bond acceptors (Lipinski definition) is 3. The van der Waals surface area contributed by atoms with E-state index >= 15 is 0 Å². The quantitative estimate of drug-likeness (QED) is 0.546. The molecule has 2 N–H and O–H groups in total. The minimum absolute atomic E-state index is 0.523. The van der Waals surface area contributed by atoms with Crippen molar-refractivity contribution in [2.45, 2.75) is 0 Å². The van der Waals surface area contributed by atoms with Gasteiger partial charge in [-0.1, -0.05) is 15.9 Å². The fourth-order valence-electron chi connectivity index (χ4n) is 0.562. The van der Waals surface area contributed by atoms with Gasteiger partial charge in [-0.15, -0.1) is 0 Å². The van der Waals surface area contributed by atoms with Crippen molar-refractivity contribution >= 4 is 47.9 Å². The SMILES string of the molecule is N#[N+]c1cc(Br)ccc1Br.O=S(=O)(O)O. The topological polar surface area (TPSA) is 103 Å². The van der Waals surface area contributed by atoms with Crippen LogP contribution in [0.5, 0.6) is 0 Å². The molecule has 0 spiro atoms. The molecule has 0 atom stereocenters. The van der Waals surface area contributed by atoms with Gasteiger partial charge in [0.05, 0.1) is 0 Å². The van der Waals surface area contributed by atoms with Gasteiger partial charge in [0, 0.05) is 10.5 Å². The number of hydrogen-bond donors (Lipinski definition) is 2. The molecular formula is C6H5Br2N2O4S+. The van der Waals surface area contributed by atoms with Gasteiger partial charge in [0.25, 0.3) is 0 Å². The van der Waals surface area contributed by atoms with E-state index in [1.807, 2.05) is 6.07 Å². The Morgan fingerprint density at radius 3 is 2.07 bits per heavy atom. The predicted molar refractivity (Wildman–Crippen MR) is 60.8 cm³/mol. The van der Waals surface area contributed by atoms with Gasteiger partial charge >= 0.3 is 16.1 Å². The van der Waals surface area contributed by atoms with E-state index in [-0.39, 0.29) is 0 Å². The summed E-state index contributed by atoms with van der Waals surface area (Å²) in [6.07, 6.45) is 0. The van der Waals surface area contributed by atoms with E-state index in [1.165, 1.54) is 0 Å². The molecule has 0 amide bonds. The maximum Gasteiger partial charge on any atom is 0.400 e. The first kappa shape index (κ1) is 14.5. The Hall–Kier alpha value is -0.530. The third-order valence-corrected chi connectivity index (χ3v) is 2.18. The molecule has 0 saturated carbocycles. The Labute approximate surface area is 103 Å². The molecule has 0 heterocycles. The first-order chi connectivity index (χ1) is 6.74. The Bertz CT molecular complexity index is 474. The van der Waals surface area contributed by atoms with Gasteiger partial charge in [0.1, 0.15) is 4.47 Å². The molecule has 0 aliphatic heterocycles. The molecule has 0 aliphatic rings. The lowest BCUT2D eigenvalue weighted by molar-refractivity contribution is 0.381. The summed E-state index contributed by atoms with van der Waals surface area (Å²) < 4.78 is 33.3. The Morgan fingerprint density at radius 2 is 1.73 bits per heavy atom. The lowest BCUT2D eigenvalue weighted by Crippen LogP contribution is -1.89. The smallest absolute Gasteiger partial charge is 0.264 e. The molecule has 0 fully saturated rings. The zero-order valence-electron chi connectivity index (χ0n) is 7.00. The third kappa shape index (κ3) is 8.46. The second-order valence-electron chi connectivity index (χ2n) is 2.14. The number of benzene rings is 1. The van der Waals surface area contributed by atoms with E-state index in [2.05, 4.69) is 36.8 Å². The van der Waals surface area contributed by atoms with Crippen LogP contribution in [-0.4, -0.2) is 17.5 Å². The van der Waals surface area contributed by atoms with Crippen molar-refractivity contribution in [2.75, 3.05) is 0 Å². The molecule has 6 nitrogen and oxygen atoms in total. The largest absolute Gasteiger partial charge is 0.400 e. The Morgan fingerprint density at radius 1 is 1.27 bits per heavy atom. The lowest BCUT2D eigenvalue weighted by atomic mass is 10.3. The molecule has 1 aromatic carbocycles. The van der Waals surface area contributed by atoms with Gasteiger partial charge < -0.3 is 0 Å². The monoisotopic (exact) mass is 359 g/mol. The lowest BCUT2D eigenvalue weighted by Gasteiger charge is -1.84. The van der Waals surface area contributed by atoms with E-state index in [9.17, 15) is 0 Å². The molecule has 82 valence electrons. The molecule has 15 heavy (non-hydrogen) atoms. The summed E-state index contributed by atoms with van der Waals surface area (Å²) in [7, 11) is -4.67. The summed E-state index contributed by atoms with van der Waals surface area (Å²) in [5.74, 6) is 0. The van der Waals surface area contributed by atoms with Crippen LogP contribution in [0.1, 0.15) is 0 Å². The summed E-state index contributed by atoms with van der Waals surface area (Å²) in [6, 6.07) is 5.38. The first-order valence-corrected chi connectivity index (χ1v) is 6.22. The highest BCUT2D eigenvalue weighted by Crippen LogP contribution is 2.28. The van der Waals surface area contributed by atoms with Crippen LogP contribution in [0.25, 0.3) is 4.98 Å². The van der Waals surface area contributed by atoms with Crippen molar-refractivity contribution in [1.82, 2.24) is 0 Å². The van der Waals surface area contributed by atoms with Crippen LogP contribution in [0.3, 0.4) is 0 Å². The van der Waals surface area contributed by atoms with Crippen LogP contribution in [0.2, 0.25) is 0 Å². The number of nitrogens with zero attached hydrogens (tertiary/aromatic N) is 2. The highest BCUT2D eigenvalue weighted by molar-refractivity contribution is 9.11. The zero-order chi connectivity index (χ0) is 12.1. The van der Waals surface area contributed by atoms with Crippen molar-refractivity contribution in [2.24, 2.45) is 0 Å². The van der Waals surface area contributed by atoms with Gasteiger partial charge in [-0.05, 0) is 28.1 Å². The Balaban J connectivity index is 0.000000336. The fraction of sp³-hybridized carbons (Fsp3) is 0. The standard InChI is InChI=1S/C6H3Br2N2.H2O4S/c7-4-1-2-5(8)6(3-4)10-9;1-5(2,3)4/h1-3H;(H2,1,2,3,4)/q+1;. The maximum atomic E-state index is 8.74. The van der Waals surface area contributed by atoms with Crippen LogP contribution >= 0.6 is 31.9 Å². The van der Waals surface area contributed by atoms with Gasteiger partial charge in [-0.2, -0.15) is 8.42 Å². The maximum absolute atomic E-state index is 8.74. The fourth-order valence-corrected chi connectivity index (χ4v) is 1.24. The van der Waals surface area contributed by atoms with Gasteiger partial charge in [-0.25, -0.2) is 0 Å². The molecule has 1 rings (SSSR count). The predicted octanol–water partition coefficient (Wildman–Crippen LogP) is 3.04. The van der Waals surface area contributed by atoms with Crippen LogP contribution in [-0.2, 0) is 10.4 Å². The summed E-state index contributed by atoms with van der Waals surface area (Å²) in [6.45, 7) is 0. The minimum atomic E-state index is -4.67. The molecule has 0 aromatic heterocycles. The summed E-state index contributed by atoms with van der Waals surface area (Å²) >= 11 is 6.46. The van der Waals surface area contributed by atoms with Crippen LogP contribution in [0.15, 0.2) is 27.1 Å². The van der Waals surface area contributed by atoms with E-state index in [4.69, 9.17) is 22.9 Å². The van der Waals surface area contributed by atoms with Crippen molar-refractivity contribution < 1.29 is 17.5 Å². The first-order valence-electron chi connectivity index (χ1n) is 3.24. The van der Waals surface area contributed by atoms with E-state index < -0.39 is 10.4 Å². The average Bonchev–Trinajstić information content (AvgIpc) is 2.06. The molecule has 0 unspecified atom stereocenters. The van der Waals surface area contributed by atoms with Gasteiger partial charge in [0.15, 0.2) is 4.98 Å². The van der Waals surface area contributed by atoms with E-state index in [0.717, 1.165) is 8.95 Å². The second kappa shape index (κ2) is 6.14. The van der Waals surface area contributed by atoms with Crippen molar-refractivity contribution in [3.8, 4) is 0 Å². The van der Waals surface area contributed by atoms with Crippen LogP contribution < -0.4 is 0 Å². The highest BCUT2D eigenvalue weighted by Gasteiger charge is 2.10. The van der Waals surface area contributed by atoms with E-state index in [0.29, 0.717) is 5.69 Å². The van der Waals surface area contributed by atoms with Crippen LogP contribution in [0.4, 0.5) is 5.69 Å². The zero-order valence-corrected chi connectivity index (χ0v) is 11.0. The molecule has 0 saturated heterocycles. The molecular weight excluding hydrogens is 356 g/mol. The van der Waals surface area contributed by atoms with E-state index in [1.54, 1.807) is 12.1 Å². The Kier molecular flexibility index (Phi) is 5.92. The molecule has 0 aliphatic carbocycles. The van der Waals surface area contributed by atoms with Crippen molar-refractivity contribution in [3.63, 3.8) is 0 Å². The van der Waals surface area contributed by atoms with Crippen molar-refractivity contribution in [1.29, 1.82) is 5.39 Å². The van der Waals surface area contributed by atoms with Gasteiger partial charge in [-0.3, -0.25) is 9.11 Å². The second-order valence-corrected chi connectivity index (χ2v) is 4.81. The molecule has 0 bridgehead atoms.